The number of rotatable bonds is 7. The molecule has 1 fully saturated rings. The smallest absolute Gasteiger partial charge is 0.322 e. The van der Waals surface area contributed by atoms with E-state index in [1.165, 1.54) is 12.1 Å². The number of H-pyrrole nitrogens is 1. The Bertz CT molecular complexity index is 1400. The van der Waals surface area contributed by atoms with Crippen LogP contribution in [0.1, 0.15) is 26.6 Å². The van der Waals surface area contributed by atoms with Crippen LogP contribution in [0.5, 0.6) is 11.8 Å². The van der Waals surface area contributed by atoms with Crippen molar-refractivity contribution in [1.82, 2.24) is 25.3 Å². The molecular formula is C28H28FN5O4. The van der Waals surface area contributed by atoms with E-state index in [0.717, 1.165) is 0 Å². The van der Waals surface area contributed by atoms with Crippen molar-refractivity contribution in [3.05, 3.63) is 78.5 Å². The molecule has 1 amide bonds. The molecule has 2 N–H and O–H groups in total. The van der Waals surface area contributed by atoms with Crippen molar-refractivity contribution in [2.45, 2.75) is 32.6 Å². The monoisotopic (exact) mass is 517 g/mol. The zero-order valence-electron chi connectivity index (χ0n) is 21.3. The van der Waals surface area contributed by atoms with Crippen LogP contribution < -0.4 is 10.1 Å². The van der Waals surface area contributed by atoms with Gasteiger partial charge in [0.1, 0.15) is 11.6 Å². The van der Waals surface area contributed by atoms with Crippen LogP contribution in [0.4, 0.5) is 4.39 Å². The fourth-order valence-electron chi connectivity index (χ4n) is 4.00. The maximum atomic E-state index is 13.7. The molecule has 38 heavy (non-hydrogen) atoms. The van der Waals surface area contributed by atoms with Gasteiger partial charge in [0.05, 0.1) is 30.3 Å². The SMILES string of the molecule is CC1COC(C(=O)NC(C)C)(c2nc(-c3ccc(F)cc3)c(-c3ccnc(Oc4ccccc4)n3)[nH]2)OC1. The fourth-order valence-corrected chi connectivity index (χ4v) is 4.00. The number of carbonyl (C=O) groups excluding carboxylic acids is 1. The van der Waals surface area contributed by atoms with E-state index < -0.39 is 11.7 Å². The molecule has 2 aromatic carbocycles. The molecule has 1 aliphatic heterocycles. The Hall–Kier alpha value is -4.15. The number of aromatic amines is 1. The molecule has 0 unspecified atom stereocenters. The molecule has 0 aliphatic carbocycles. The number of nitrogens with zero attached hydrogens (tertiary/aromatic N) is 3. The first kappa shape index (κ1) is 25.5. The predicted molar refractivity (Wildman–Crippen MR) is 138 cm³/mol. The first-order chi connectivity index (χ1) is 18.3. The molecule has 0 bridgehead atoms. The number of hydrogen-bond donors (Lipinski definition) is 2. The van der Waals surface area contributed by atoms with Crippen LogP contribution in [-0.2, 0) is 20.1 Å². The molecule has 0 saturated carbocycles. The van der Waals surface area contributed by atoms with E-state index in [9.17, 15) is 9.18 Å². The van der Waals surface area contributed by atoms with Crippen molar-refractivity contribution in [3.63, 3.8) is 0 Å². The van der Waals surface area contributed by atoms with Crippen molar-refractivity contribution in [2.24, 2.45) is 5.92 Å². The highest BCUT2D eigenvalue weighted by Crippen LogP contribution is 2.37. The molecule has 0 atom stereocenters. The lowest BCUT2D eigenvalue weighted by Crippen LogP contribution is -2.54. The summed E-state index contributed by atoms with van der Waals surface area (Å²) in [6.45, 7) is 6.27. The number of nitrogens with one attached hydrogen (secondary N) is 2. The zero-order chi connectivity index (χ0) is 26.7. The van der Waals surface area contributed by atoms with E-state index in [1.54, 1.807) is 36.5 Å². The highest BCUT2D eigenvalue weighted by Gasteiger charge is 2.49. The molecule has 1 saturated heterocycles. The molecular weight excluding hydrogens is 489 g/mol. The van der Waals surface area contributed by atoms with Crippen molar-refractivity contribution in [3.8, 4) is 34.4 Å². The molecule has 0 spiro atoms. The topological polar surface area (TPSA) is 111 Å². The Labute approximate surface area is 219 Å². The largest absolute Gasteiger partial charge is 0.424 e. The summed E-state index contributed by atoms with van der Waals surface area (Å²) >= 11 is 0. The standard InChI is InChI=1S/C28H28FN5O4/c1-17(2)31-26(35)28(36-15-18(3)16-37-28)25-33-23(19-9-11-20(29)12-10-19)24(34-25)22-13-14-30-27(32-22)38-21-7-5-4-6-8-21/h4-14,17-18H,15-16H2,1-3H3,(H,31,35)(H,33,34). The molecule has 2 aromatic heterocycles. The molecule has 4 aromatic rings. The number of hydrogen-bond acceptors (Lipinski definition) is 7. The Morgan fingerprint density at radius 2 is 1.79 bits per heavy atom. The van der Waals surface area contributed by atoms with E-state index in [0.29, 0.717) is 41.6 Å². The summed E-state index contributed by atoms with van der Waals surface area (Å²) in [5, 5.41) is 2.87. The second-order valence-corrected chi connectivity index (χ2v) is 9.43. The minimum atomic E-state index is -1.79. The van der Waals surface area contributed by atoms with Crippen LogP contribution in [0.2, 0.25) is 0 Å². The van der Waals surface area contributed by atoms with Crippen LogP contribution in [-0.4, -0.2) is 45.1 Å². The van der Waals surface area contributed by atoms with Crippen molar-refractivity contribution < 1.29 is 23.4 Å². The van der Waals surface area contributed by atoms with Crippen LogP contribution in [0.3, 0.4) is 0 Å². The first-order valence-electron chi connectivity index (χ1n) is 12.4. The predicted octanol–water partition coefficient (Wildman–Crippen LogP) is 4.83. The molecule has 9 nitrogen and oxygen atoms in total. The normalized spacial score (nSPS) is 19.3. The van der Waals surface area contributed by atoms with Gasteiger partial charge in [-0.1, -0.05) is 25.1 Å². The molecule has 0 radical (unpaired) electrons. The molecule has 196 valence electrons. The summed E-state index contributed by atoms with van der Waals surface area (Å²) in [6.07, 6.45) is 1.56. The van der Waals surface area contributed by atoms with E-state index in [4.69, 9.17) is 19.2 Å². The van der Waals surface area contributed by atoms with Gasteiger partial charge in [0.2, 0.25) is 0 Å². The molecule has 5 rings (SSSR count). The Balaban J connectivity index is 1.62. The van der Waals surface area contributed by atoms with Gasteiger partial charge in [-0.25, -0.2) is 14.4 Å². The van der Waals surface area contributed by atoms with Gasteiger partial charge in [-0.3, -0.25) is 4.79 Å². The summed E-state index contributed by atoms with van der Waals surface area (Å²) in [5.74, 6) is -1.81. The number of carbonyl (C=O) groups is 1. The lowest BCUT2D eigenvalue weighted by atomic mass is 10.1. The summed E-state index contributed by atoms with van der Waals surface area (Å²) in [5.41, 5.74) is 1.96. The quantitative estimate of drug-likeness (QED) is 0.361. The van der Waals surface area contributed by atoms with Crippen LogP contribution in [0.15, 0.2) is 66.9 Å². The molecule has 1 aliphatic rings. The average Bonchev–Trinajstić information content (AvgIpc) is 3.36. The average molecular weight is 518 g/mol. The van der Waals surface area contributed by atoms with Gasteiger partial charge in [-0.05, 0) is 56.3 Å². The lowest BCUT2D eigenvalue weighted by molar-refractivity contribution is -0.278. The lowest BCUT2D eigenvalue weighted by Gasteiger charge is -2.36. The Morgan fingerprint density at radius 1 is 1.08 bits per heavy atom. The molecule has 10 heteroatoms. The number of para-hydroxylation sites is 1. The Morgan fingerprint density at radius 3 is 2.47 bits per heavy atom. The van der Waals surface area contributed by atoms with Gasteiger partial charge < -0.3 is 24.5 Å². The number of ether oxygens (including phenoxy) is 3. The number of aromatic nitrogens is 4. The van der Waals surface area contributed by atoms with Gasteiger partial charge in [-0.2, -0.15) is 4.98 Å². The third-order valence-electron chi connectivity index (χ3n) is 5.84. The van der Waals surface area contributed by atoms with Crippen molar-refractivity contribution in [1.29, 1.82) is 0 Å². The summed E-state index contributed by atoms with van der Waals surface area (Å²) in [7, 11) is 0. The number of amides is 1. The Kier molecular flexibility index (Phi) is 7.17. The van der Waals surface area contributed by atoms with E-state index in [1.807, 2.05) is 39.0 Å². The van der Waals surface area contributed by atoms with Gasteiger partial charge >= 0.3 is 11.8 Å². The third-order valence-corrected chi connectivity index (χ3v) is 5.84. The van der Waals surface area contributed by atoms with E-state index in [-0.39, 0.29) is 29.6 Å². The minimum Gasteiger partial charge on any atom is -0.424 e. The van der Waals surface area contributed by atoms with E-state index >= 15 is 0 Å². The van der Waals surface area contributed by atoms with Gasteiger partial charge in [0.25, 0.3) is 5.91 Å². The van der Waals surface area contributed by atoms with Gasteiger partial charge in [0.15, 0.2) is 5.82 Å². The second-order valence-electron chi connectivity index (χ2n) is 9.43. The summed E-state index contributed by atoms with van der Waals surface area (Å²) < 4.78 is 31.7. The number of imidazole rings is 1. The van der Waals surface area contributed by atoms with Gasteiger partial charge in [-0.15, -0.1) is 0 Å². The first-order valence-corrected chi connectivity index (χ1v) is 12.4. The highest BCUT2D eigenvalue weighted by molar-refractivity contribution is 5.86. The second kappa shape index (κ2) is 10.7. The molecule has 3 heterocycles. The van der Waals surface area contributed by atoms with Gasteiger partial charge in [0, 0.05) is 23.7 Å². The number of benzene rings is 2. The number of halogens is 1. The van der Waals surface area contributed by atoms with Crippen molar-refractivity contribution >= 4 is 5.91 Å². The summed E-state index contributed by atoms with van der Waals surface area (Å²) in [6, 6.07) is 16.7. The van der Waals surface area contributed by atoms with Crippen molar-refractivity contribution in [2.75, 3.05) is 13.2 Å². The highest BCUT2D eigenvalue weighted by atomic mass is 19.1. The summed E-state index contributed by atoms with van der Waals surface area (Å²) in [4.78, 5) is 30.2. The maximum absolute atomic E-state index is 13.7. The van der Waals surface area contributed by atoms with Crippen LogP contribution in [0, 0.1) is 11.7 Å². The maximum Gasteiger partial charge on any atom is 0.322 e. The minimum absolute atomic E-state index is 0.0977. The zero-order valence-corrected chi connectivity index (χ0v) is 21.3. The van der Waals surface area contributed by atoms with E-state index in [2.05, 4.69) is 20.3 Å². The van der Waals surface area contributed by atoms with Crippen LogP contribution in [0.25, 0.3) is 22.6 Å². The fraction of sp³-hybridized carbons (Fsp3) is 0.286. The third kappa shape index (κ3) is 5.27. The van der Waals surface area contributed by atoms with Crippen LogP contribution >= 0.6 is 0 Å².